The summed E-state index contributed by atoms with van der Waals surface area (Å²) in [4.78, 5) is 15.2. The van der Waals surface area contributed by atoms with Crippen LogP contribution in [-0.4, -0.2) is 45.1 Å². The number of aliphatic imine (C=N–C) groups is 1. The number of aryl methyl sites for hydroxylation is 3. The number of rotatable bonds is 13. The SMILES string of the molecule is C1=Cc2cc3c(nc2CC1)CCCC3.C=Nc1cc(C(=C)C)ccc1N(CCc1ccc(OF)cc1)CCC(C)C.CC.CCCOCC.CN. The van der Waals surface area contributed by atoms with E-state index < -0.39 is 0 Å². The van der Waals surface area contributed by atoms with E-state index >= 15 is 0 Å². The van der Waals surface area contributed by atoms with E-state index in [2.05, 4.69) is 85.0 Å². The minimum Gasteiger partial charge on any atom is -0.382 e. The van der Waals surface area contributed by atoms with Crippen molar-refractivity contribution in [3.05, 3.63) is 94.8 Å². The van der Waals surface area contributed by atoms with E-state index in [1.165, 1.54) is 61.7 Å². The third kappa shape index (κ3) is 16.4. The number of ether oxygens (including phenoxy) is 1. The number of fused-ring (bicyclic) bond motifs is 2. The molecule has 3 aromatic rings. The van der Waals surface area contributed by atoms with Crippen LogP contribution in [0.25, 0.3) is 11.6 Å². The van der Waals surface area contributed by atoms with Gasteiger partial charge in [0.25, 0.3) is 0 Å². The van der Waals surface area contributed by atoms with Gasteiger partial charge >= 0.3 is 0 Å². The fraction of sp³-hybridized carbons (Fsp3) is 0.500. The summed E-state index contributed by atoms with van der Waals surface area (Å²) in [7, 11) is 1.50. The predicted molar refractivity (Wildman–Crippen MR) is 220 cm³/mol. The van der Waals surface area contributed by atoms with Crippen LogP contribution in [-0.2, 0) is 30.4 Å². The fourth-order valence-electron chi connectivity index (χ4n) is 5.68. The molecule has 0 amide bonds. The zero-order chi connectivity index (χ0) is 38.0. The normalized spacial score (nSPS) is 12.1. The van der Waals surface area contributed by atoms with Gasteiger partial charge in [-0.3, -0.25) is 14.9 Å². The molecule has 0 bridgehead atoms. The lowest BCUT2D eigenvalue weighted by molar-refractivity contribution is -0.00622. The van der Waals surface area contributed by atoms with Crippen LogP contribution in [0.2, 0.25) is 0 Å². The molecule has 1 heterocycles. The maximum atomic E-state index is 12.2. The number of hydrogen-bond donors (Lipinski definition) is 1. The van der Waals surface area contributed by atoms with Crippen molar-refractivity contribution < 1.29 is 14.2 Å². The van der Waals surface area contributed by atoms with Crippen molar-refractivity contribution in [3.63, 3.8) is 0 Å². The summed E-state index contributed by atoms with van der Waals surface area (Å²) in [6, 6.07) is 15.7. The van der Waals surface area contributed by atoms with Crippen LogP contribution < -0.4 is 15.6 Å². The maximum Gasteiger partial charge on any atom is 0.171 e. The number of allylic oxidation sites excluding steroid dienone is 2. The van der Waals surface area contributed by atoms with E-state index in [1.54, 1.807) is 12.1 Å². The molecular weight excluding hydrogens is 636 g/mol. The Morgan fingerprint density at radius 3 is 2.27 bits per heavy atom. The molecule has 0 radical (unpaired) electrons. The maximum absolute atomic E-state index is 12.2. The Kier molecular flexibility index (Phi) is 23.9. The first kappa shape index (κ1) is 45.2. The van der Waals surface area contributed by atoms with Gasteiger partial charge in [-0.25, -0.2) is 0 Å². The van der Waals surface area contributed by atoms with Gasteiger partial charge in [-0.1, -0.05) is 77.1 Å². The summed E-state index contributed by atoms with van der Waals surface area (Å²) in [5.74, 6) is 0.840. The molecule has 2 aromatic carbocycles. The number of halogens is 1. The summed E-state index contributed by atoms with van der Waals surface area (Å²) < 4.78 is 17.2. The molecular formula is C44H67FN4O2. The third-order valence-corrected chi connectivity index (χ3v) is 8.45. The van der Waals surface area contributed by atoms with Crippen LogP contribution in [0.1, 0.15) is 114 Å². The Hall–Kier alpha value is -3.81. The number of nitrogens with two attached hydrogens (primary N) is 1. The van der Waals surface area contributed by atoms with Gasteiger partial charge in [-0.2, -0.15) is 0 Å². The standard InChI is InChI=1S/C23H29FN2O.C13H15N.C5H12O.C2H6.CH5N/c1-17(2)12-14-26(15-13-19-6-9-21(27-24)10-7-19)23-11-8-20(18(3)4)16-22(23)25-5;1-3-7-12-10(5-1)9-11-6-2-4-8-13(11)14-12;1-3-5-6-4-2;2*1-2/h6-11,16-17H,3,5,12-15H2,1-2,4H3;1,5,9H,2-4,6-8H2;3-5H2,1-2H3;1-2H3;2H2,1H3. The highest BCUT2D eigenvalue weighted by atomic mass is 19.3. The van der Waals surface area contributed by atoms with Crippen LogP contribution in [0.3, 0.4) is 0 Å². The van der Waals surface area contributed by atoms with Gasteiger partial charge in [0.15, 0.2) is 5.75 Å². The molecule has 0 aliphatic heterocycles. The van der Waals surface area contributed by atoms with E-state index in [4.69, 9.17) is 9.72 Å². The number of pyridine rings is 1. The molecule has 0 fully saturated rings. The van der Waals surface area contributed by atoms with Crippen LogP contribution >= 0.6 is 0 Å². The molecule has 7 heteroatoms. The van der Waals surface area contributed by atoms with Crippen molar-refractivity contribution in [2.24, 2.45) is 16.6 Å². The number of hydrogen-bond acceptors (Lipinski definition) is 6. The molecule has 5 rings (SSSR count). The number of benzene rings is 2. The highest BCUT2D eigenvalue weighted by molar-refractivity contribution is 5.75. The third-order valence-electron chi connectivity index (χ3n) is 8.45. The monoisotopic (exact) mass is 703 g/mol. The lowest BCUT2D eigenvalue weighted by Crippen LogP contribution is -2.28. The van der Waals surface area contributed by atoms with Crippen molar-refractivity contribution in [3.8, 4) is 5.75 Å². The smallest absolute Gasteiger partial charge is 0.171 e. The van der Waals surface area contributed by atoms with Crippen molar-refractivity contribution >= 4 is 29.7 Å². The van der Waals surface area contributed by atoms with Gasteiger partial charge in [0.2, 0.25) is 0 Å². The summed E-state index contributed by atoms with van der Waals surface area (Å²) in [6.45, 7) is 25.9. The van der Waals surface area contributed by atoms with Crippen LogP contribution in [0.4, 0.5) is 15.9 Å². The van der Waals surface area contributed by atoms with Gasteiger partial charge in [0, 0.05) is 42.2 Å². The molecule has 2 aliphatic carbocycles. The van der Waals surface area contributed by atoms with Crippen molar-refractivity contribution in [2.75, 3.05) is 38.3 Å². The Bertz CT molecular complexity index is 1430. The second kappa shape index (κ2) is 26.9. The first-order valence-corrected chi connectivity index (χ1v) is 19.0. The van der Waals surface area contributed by atoms with Gasteiger partial charge < -0.3 is 15.4 Å². The first-order valence-electron chi connectivity index (χ1n) is 19.0. The molecule has 2 aliphatic rings. The van der Waals surface area contributed by atoms with E-state index in [-0.39, 0.29) is 5.75 Å². The minimum absolute atomic E-state index is 0.226. The van der Waals surface area contributed by atoms with Crippen LogP contribution in [0.15, 0.2) is 66.2 Å². The van der Waals surface area contributed by atoms with Gasteiger partial charge in [0.1, 0.15) is 0 Å². The number of nitrogens with zero attached hydrogens (tertiary/aromatic N) is 3. The highest BCUT2D eigenvalue weighted by Gasteiger charge is 2.15. The second-order valence-corrected chi connectivity index (χ2v) is 12.8. The predicted octanol–water partition coefficient (Wildman–Crippen LogP) is 11.4. The minimum atomic E-state index is 0.226. The van der Waals surface area contributed by atoms with Crippen LogP contribution in [0, 0.1) is 5.92 Å². The lowest BCUT2D eigenvalue weighted by atomic mass is 9.92. The molecule has 0 spiro atoms. The number of aromatic nitrogens is 1. The molecule has 282 valence electrons. The van der Waals surface area contributed by atoms with Crippen molar-refractivity contribution in [2.45, 2.75) is 106 Å². The summed E-state index contributed by atoms with van der Waals surface area (Å²) >= 11 is 0. The molecule has 0 saturated heterocycles. The molecule has 0 atom stereocenters. The van der Waals surface area contributed by atoms with E-state index in [9.17, 15) is 4.53 Å². The molecule has 0 unspecified atom stereocenters. The van der Waals surface area contributed by atoms with Crippen molar-refractivity contribution in [1.29, 1.82) is 0 Å². The van der Waals surface area contributed by atoms with Gasteiger partial charge in [0.05, 0.1) is 11.4 Å². The van der Waals surface area contributed by atoms with Gasteiger partial charge in [-0.15, -0.1) is 0 Å². The van der Waals surface area contributed by atoms with Crippen molar-refractivity contribution in [1.82, 2.24) is 4.98 Å². The van der Waals surface area contributed by atoms with E-state index in [1.807, 2.05) is 45.9 Å². The summed E-state index contributed by atoms with van der Waals surface area (Å²) in [5.41, 5.74) is 15.3. The molecule has 1 aromatic heterocycles. The Morgan fingerprint density at radius 1 is 0.980 bits per heavy atom. The molecule has 51 heavy (non-hydrogen) atoms. The second-order valence-electron chi connectivity index (χ2n) is 12.8. The number of anilines is 1. The first-order chi connectivity index (χ1) is 24.8. The summed E-state index contributed by atoms with van der Waals surface area (Å²) in [5, 5.41) is 0. The highest BCUT2D eigenvalue weighted by Crippen LogP contribution is 2.32. The molecule has 6 nitrogen and oxygen atoms in total. The average molecular weight is 703 g/mol. The summed E-state index contributed by atoms with van der Waals surface area (Å²) in [6.07, 6.45) is 15.0. The average Bonchev–Trinajstić information content (AvgIpc) is 3.18. The Morgan fingerprint density at radius 2 is 1.69 bits per heavy atom. The molecule has 2 N–H and O–H groups in total. The zero-order valence-corrected chi connectivity index (χ0v) is 33.1. The molecule has 0 saturated carbocycles. The Labute approximate surface area is 310 Å². The van der Waals surface area contributed by atoms with E-state index in [0.29, 0.717) is 5.92 Å². The van der Waals surface area contributed by atoms with Crippen LogP contribution in [0.5, 0.6) is 5.75 Å². The lowest BCUT2D eigenvalue weighted by Gasteiger charge is -2.27. The largest absolute Gasteiger partial charge is 0.382 e. The fourth-order valence-corrected chi connectivity index (χ4v) is 5.68. The zero-order valence-electron chi connectivity index (χ0n) is 33.1. The Balaban J connectivity index is 0.000000447. The van der Waals surface area contributed by atoms with E-state index in [0.717, 1.165) is 80.1 Å². The van der Waals surface area contributed by atoms with Gasteiger partial charge in [-0.05, 0) is 144 Å². The topological polar surface area (TPSA) is 73.0 Å². The quantitative estimate of drug-likeness (QED) is 0.142.